The number of nitrogens with two attached hydrogens (primary N) is 1. The van der Waals surface area contributed by atoms with Crippen LogP contribution in [0.5, 0.6) is 0 Å². The van der Waals surface area contributed by atoms with E-state index in [4.69, 9.17) is 17.3 Å². The summed E-state index contributed by atoms with van der Waals surface area (Å²) in [4.78, 5) is 7.39. The van der Waals surface area contributed by atoms with Crippen LogP contribution >= 0.6 is 11.6 Å². The summed E-state index contributed by atoms with van der Waals surface area (Å²) in [7, 11) is 0. The van der Waals surface area contributed by atoms with Crippen LogP contribution in [-0.4, -0.2) is 9.97 Å². The summed E-state index contributed by atoms with van der Waals surface area (Å²) in [5, 5.41) is 0.703. The molecule has 16 heavy (non-hydrogen) atoms. The minimum atomic E-state index is 0.346. The number of aromatic nitrogens is 2. The van der Waals surface area contributed by atoms with E-state index in [-0.39, 0.29) is 0 Å². The number of aromatic amines is 1. The van der Waals surface area contributed by atoms with Gasteiger partial charge in [-0.1, -0.05) is 37.6 Å². The average Bonchev–Trinajstić information content (AvgIpc) is 2.60. The van der Waals surface area contributed by atoms with Crippen molar-refractivity contribution in [3.63, 3.8) is 0 Å². The maximum Gasteiger partial charge on any atom is 0.198 e. The predicted octanol–water partition coefficient (Wildman–Crippen LogP) is 3.44. The topological polar surface area (TPSA) is 54.7 Å². The molecule has 84 valence electrons. The number of H-pyrrole nitrogens is 1. The first-order valence-corrected chi connectivity index (χ1v) is 5.57. The number of rotatable bonds is 2. The van der Waals surface area contributed by atoms with E-state index in [1.807, 2.05) is 24.3 Å². The Kier molecular flexibility index (Phi) is 2.88. The van der Waals surface area contributed by atoms with Crippen molar-refractivity contribution in [2.45, 2.75) is 19.8 Å². The van der Waals surface area contributed by atoms with Crippen molar-refractivity contribution >= 4 is 17.5 Å². The lowest BCUT2D eigenvalue weighted by Crippen LogP contribution is -1.91. The summed E-state index contributed by atoms with van der Waals surface area (Å²) >= 11 is 5.96. The van der Waals surface area contributed by atoms with Crippen LogP contribution in [0, 0.1) is 0 Å². The molecule has 0 radical (unpaired) electrons. The van der Waals surface area contributed by atoms with E-state index in [0.29, 0.717) is 16.9 Å². The molecule has 0 aliphatic heterocycles. The fourth-order valence-electron chi connectivity index (χ4n) is 1.68. The Balaban J connectivity index is 2.55. The van der Waals surface area contributed by atoms with Crippen LogP contribution < -0.4 is 5.73 Å². The molecule has 3 nitrogen and oxygen atoms in total. The van der Waals surface area contributed by atoms with Gasteiger partial charge in [0.25, 0.3) is 0 Å². The highest BCUT2D eigenvalue weighted by Crippen LogP contribution is 2.29. The third-order valence-electron chi connectivity index (χ3n) is 2.43. The maximum atomic E-state index is 5.96. The highest BCUT2D eigenvalue weighted by molar-refractivity contribution is 6.30. The maximum absolute atomic E-state index is 5.96. The highest BCUT2D eigenvalue weighted by atomic mass is 35.5. The van der Waals surface area contributed by atoms with Crippen LogP contribution in [0.1, 0.15) is 25.5 Å². The first-order valence-electron chi connectivity index (χ1n) is 5.19. The van der Waals surface area contributed by atoms with E-state index in [9.17, 15) is 0 Å². The normalized spacial score (nSPS) is 11.0. The van der Waals surface area contributed by atoms with Crippen LogP contribution in [0.2, 0.25) is 5.02 Å². The number of imidazole rings is 1. The lowest BCUT2D eigenvalue weighted by Gasteiger charge is -2.05. The largest absolute Gasteiger partial charge is 0.369 e. The van der Waals surface area contributed by atoms with E-state index in [0.717, 1.165) is 17.0 Å². The van der Waals surface area contributed by atoms with E-state index >= 15 is 0 Å². The lowest BCUT2D eigenvalue weighted by atomic mass is 10.0. The molecule has 4 heteroatoms. The Hall–Kier alpha value is -1.48. The molecule has 1 aromatic carbocycles. The number of nitrogens with zero attached hydrogens (tertiary/aromatic N) is 1. The molecule has 1 aromatic heterocycles. The minimum Gasteiger partial charge on any atom is -0.369 e. The first kappa shape index (κ1) is 11.0. The Bertz CT molecular complexity index is 503. The van der Waals surface area contributed by atoms with Gasteiger partial charge in [-0.3, -0.25) is 0 Å². The zero-order chi connectivity index (χ0) is 11.7. The molecule has 0 aliphatic rings. The second kappa shape index (κ2) is 4.18. The number of hydrogen-bond donors (Lipinski definition) is 2. The molecular weight excluding hydrogens is 222 g/mol. The molecule has 0 fully saturated rings. The zero-order valence-electron chi connectivity index (χ0n) is 9.29. The standard InChI is InChI=1S/C12H14ClN3/c1-7(2)10-11(16-12(14)15-10)8-4-3-5-9(13)6-8/h3-7H,1-2H3,(H3,14,15,16). The molecular formula is C12H14ClN3. The highest BCUT2D eigenvalue weighted by Gasteiger charge is 2.13. The predicted molar refractivity (Wildman–Crippen MR) is 67.5 cm³/mol. The van der Waals surface area contributed by atoms with Crippen LogP contribution in [0.15, 0.2) is 24.3 Å². The van der Waals surface area contributed by atoms with Gasteiger partial charge in [0.2, 0.25) is 0 Å². The van der Waals surface area contributed by atoms with E-state index < -0.39 is 0 Å². The van der Waals surface area contributed by atoms with Crippen LogP contribution in [0.25, 0.3) is 11.3 Å². The quantitative estimate of drug-likeness (QED) is 0.838. The van der Waals surface area contributed by atoms with Crippen molar-refractivity contribution in [1.82, 2.24) is 9.97 Å². The van der Waals surface area contributed by atoms with Gasteiger partial charge in [0.05, 0.1) is 5.69 Å². The number of benzene rings is 1. The Labute approximate surface area is 99.7 Å². The van der Waals surface area contributed by atoms with Crippen LogP contribution in [-0.2, 0) is 0 Å². The van der Waals surface area contributed by atoms with Gasteiger partial charge < -0.3 is 10.7 Å². The Morgan fingerprint density at radius 1 is 1.38 bits per heavy atom. The minimum absolute atomic E-state index is 0.346. The van der Waals surface area contributed by atoms with Crippen LogP contribution in [0.3, 0.4) is 0 Å². The van der Waals surface area contributed by atoms with Crippen molar-refractivity contribution in [3.8, 4) is 11.3 Å². The van der Waals surface area contributed by atoms with Gasteiger partial charge in [-0.2, -0.15) is 0 Å². The van der Waals surface area contributed by atoms with Gasteiger partial charge in [-0.05, 0) is 18.1 Å². The second-order valence-corrected chi connectivity index (χ2v) is 4.49. The van der Waals surface area contributed by atoms with Crippen molar-refractivity contribution in [1.29, 1.82) is 0 Å². The van der Waals surface area contributed by atoms with Crippen molar-refractivity contribution in [2.75, 3.05) is 5.73 Å². The van der Waals surface area contributed by atoms with Crippen molar-refractivity contribution < 1.29 is 0 Å². The van der Waals surface area contributed by atoms with Gasteiger partial charge in [0.15, 0.2) is 5.95 Å². The molecule has 3 N–H and O–H groups in total. The van der Waals surface area contributed by atoms with Gasteiger partial charge >= 0.3 is 0 Å². The van der Waals surface area contributed by atoms with Gasteiger partial charge in [-0.15, -0.1) is 0 Å². The van der Waals surface area contributed by atoms with Gasteiger partial charge in [-0.25, -0.2) is 4.98 Å². The third-order valence-corrected chi connectivity index (χ3v) is 2.66. The molecule has 0 spiro atoms. The average molecular weight is 236 g/mol. The lowest BCUT2D eigenvalue weighted by molar-refractivity contribution is 0.836. The monoisotopic (exact) mass is 235 g/mol. The van der Waals surface area contributed by atoms with Gasteiger partial charge in [0.1, 0.15) is 0 Å². The first-order chi connectivity index (χ1) is 7.58. The summed E-state index contributed by atoms with van der Waals surface area (Å²) < 4.78 is 0. The fraction of sp³-hybridized carbons (Fsp3) is 0.250. The van der Waals surface area contributed by atoms with Crippen molar-refractivity contribution in [3.05, 3.63) is 35.0 Å². The second-order valence-electron chi connectivity index (χ2n) is 4.05. The Morgan fingerprint density at radius 3 is 2.75 bits per heavy atom. The van der Waals surface area contributed by atoms with Crippen LogP contribution in [0.4, 0.5) is 5.95 Å². The number of anilines is 1. The summed E-state index contributed by atoms with van der Waals surface area (Å²) in [6, 6.07) is 7.62. The molecule has 1 heterocycles. The molecule has 0 saturated heterocycles. The molecule has 2 rings (SSSR count). The number of nitrogens with one attached hydrogen (secondary N) is 1. The zero-order valence-corrected chi connectivity index (χ0v) is 10.0. The molecule has 2 aromatic rings. The van der Waals surface area contributed by atoms with E-state index in [2.05, 4.69) is 23.8 Å². The number of nitrogen functional groups attached to an aromatic ring is 1. The number of hydrogen-bond acceptors (Lipinski definition) is 2. The molecule has 0 amide bonds. The SMILES string of the molecule is CC(C)c1[nH]c(N)nc1-c1cccc(Cl)c1. The third kappa shape index (κ3) is 2.04. The van der Waals surface area contributed by atoms with E-state index in [1.165, 1.54) is 0 Å². The summed E-state index contributed by atoms with van der Waals surface area (Å²) in [6.07, 6.45) is 0. The Morgan fingerprint density at radius 2 is 2.12 bits per heavy atom. The number of halogens is 1. The summed E-state index contributed by atoms with van der Waals surface area (Å²) in [6.45, 7) is 4.20. The van der Waals surface area contributed by atoms with Crippen molar-refractivity contribution in [2.24, 2.45) is 0 Å². The van der Waals surface area contributed by atoms with Gasteiger partial charge in [0, 0.05) is 16.3 Å². The summed E-state index contributed by atoms with van der Waals surface area (Å²) in [5.41, 5.74) is 8.61. The molecule has 0 bridgehead atoms. The van der Waals surface area contributed by atoms with E-state index in [1.54, 1.807) is 0 Å². The molecule has 0 atom stereocenters. The smallest absolute Gasteiger partial charge is 0.198 e. The fourth-order valence-corrected chi connectivity index (χ4v) is 1.87. The summed E-state index contributed by atoms with van der Waals surface area (Å²) in [5.74, 6) is 0.789. The molecule has 0 aliphatic carbocycles. The molecule has 0 unspecified atom stereocenters. The molecule has 0 saturated carbocycles.